The van der Waals surface area contributed by atoms with Crippen LogP contribution in [-0.2, 0) is 0 Å². The lowest BCUT2D eigenvalue weighted by molar-refractivity contribution is 0.137. The van der Waals surface area contributed by atoms with Crippen molar-refractivity contribution in [1.29, 1.82) is 0 Å². The molecule has 3 atom stereocenters. The van der Waals surface area contributed by atoms with Crippen LogP contribution in [-0.4, -0.2) is 11.7 Å². The van der Waals surface area contributed by atoms with E-state index in [0.717, 1.165) is 29.8 Å². The van der Waals surface area contributed by atoms with Crippen LogP contribution < -0.4 is 9.47 Å². The monoisotopic (exact) mass is 246 g/mol. The highest BCUT2D eigenvalue weighted by molar-refractivity contribution is 5.40. The van der Waals surface area contributed by atoms with Gasteiger partial charge < -0.3 is 9.47 Å². The van der Waals surface area contributed by atoms with E-state index in [0.29, 0.717) is 0 Å². The molecule has 0 amide bonds. The van der Waals surface area contributed by atoms with Gasteiger partial charge in [-0.1, -0.05) is 6.92 Å². The summed E-state index contributed by atoms with van der Waals surface area (Å²) < 4.78 is 12.0. The van der Waals surface area contributed by atoms with E-state index in [9.17, 15) is 0 Å². The van der Waals surface area contributed by atoms with Gasteiger partial charge in [-0.05, 0) is 51.3 Å². The fraction of sp³-hybridized carbons (Fsp3) is 0.625. The van der Waals surface area contributed by atoms with Gasteiger partial charge in [0.05, 0.1) is 6.10 Å². The molecule has 0 heterocycles. The lowest BCUT2D eigenvalue weighted by atomic mass is 10.1. The Balaban J connectivity index is 1.73. The number of hydrogen-bond acceptors (Lipinski definition) is 2. The van der Waals surface area contributed by atoms with Crippen molar-refractivity contribution in [3.8, 4) is 11.5 Å². The van der Waals surface area contributed by atoms with Crippen molar-refractivity contribution in [1.82, 2.24) is 0 Å². The number of hydrogen-bond donors (Lipinski definition) is 0. The van der Waals surface area contributed by atoms with E-state index in [1.807, 2.05) is 6.07 Å². The molecule has 2 nitrogen and oxygen atoms in total. The quantitative estimate of drug-likeness (QED) is 0.783. The normalized spacial score (nSPS) is 33.6. The Kier molecular flexibility index (Phi) is 2.58. The number of ether oxygens (including phenoxy) is 2. The first kappa shape index (κ1) is 11.9. The summed E-state index contributed by atoms with van der Waals surface area (Å²) >= 11 is 0. The molecule has 0 aliphatic heterocycles. The van der Waals surface area contributed by atoms with Crippen molar-refractivity contribution in [3.05, 3.63) is 23.8 Å². The predicted molar refractivity (Wildman–Crippen MR) is 72.2 cm³/mol. The van der Waals surface area contributed by atoms with E-state index >= 15 is 0 Å². The fourth-order valence-corrected chi connectivity index (χ4v) is 2.73. The third kappa shape index (κ3) is 1.98. The largest absolute Gasteiger partial charge is 0.491 e. The summed E-state index contributed by atoms with van der Waals surface area (Å²) in [6.07, 6.45) is 2.63. The summed E-state index contributed by atoms with van der Waals surface area (Å²) in [4.78, 5) is 0. The van der Waals surface area contributed by atoms with Crippen molar-refractivity contribution < 1.29 is 9.47 Å². The third-order valence-corrected chi connectivity index (χ3v) is 4.43. The molecule has 2 aliphatic rings. The van der Waals surface area contributed by atoms with Gasteiger partial charge >= 0.3 is 0 Å². The van der Waals surface area contributed by atoms with Gasteiger partial charge in [-0.15, -0.1) is 0 Å². The van der Waals surface area contributed by atoms with Crippen molar-refractivity contribution in [3.63, 3.8) is 0 Å². The van der Waals surface area contributed by atoms with Crippen LogP contribution in [0, 0.1) is 18.8 Å². The minimum absolute atomic E-state index is 0.126. The maximum Gasteiger partial charge on any atom is 0.124 e. The Morgan fingerprint density at radius 3 is 2.50 bits per heavy atom. The smallest absolute Gasteiger partial charge is 0.124 e. The van der Waals surface area contributed by atoms with Gasteiger partial charge in [0, 0.05) is 17.9 Å². The van der Waals surface area contributed by atoms with Gasteiger partial charge in [0.2, 0.25) is 0 Å². The number of aryl methyl sites for hydroxylation is 1. The molecular weight excluding hydrogens is 224 g/mol. The number of benzene rings is 1. The van der Waals surface area contributed by atoms with Crippen LogP contribution in [0.2, 0.25) is 0 Å². The predicted octanol–water partition coefficient (Wildman–Crippen LogP) is 3.96. The van der Waals surface area contributed by atoms with E-state index in [4.69, 9.17) is 9.47 Å². The first-order valence-electron chi connectivity index (χ1n) is 7.00. The molecule has 1 aromatic rings. The highest BCUT2D eigenvalue weighted by Crippen LogP contribution is 2.72. The van der Waals surface area contributed by atoms with Gasteiger partial charge in [0.25, 0.3) is 0 Å². The zero-order valence-electron chi connectivity index (χ0n) is 11.7. The van der Waals surface area contributed by atoms with Gasteiger partial charge in [-0.3, -0.25) is 0 Å². The summed E-state index contributed by atoms with van der Waals surface area (Å²) in [5.41, 5.74) is 1.32. The third-order valence-electron chi connectivity index (χ3n) is 4.43. The van der Waals surface area contributed by atoms with Crippen molar-refractivity contribution in [2.75, 3.05) is 0 Å². The zero-order valence-corrected chi connectivity index (χ0v) is 11.7. The molecule has 2 aliphatic carbocycles. The van der Waals surface area contributed by atoms with Gasteiger partial charge in [0.1, 0.15) is 17.1 Å². The molecule has 0 saturated heterocycles. The lowest BCUT2D eigenvalue weighted by Crippen LogP contribution is -2.22. The molecule has 0 N–H and O–H groups in total. The summed E-state index contributed by atoms with van der Waals surface area (Å²) in [6, 6.07) is 6.21. The molecule has 2 heteroatoms. The van der Waals surface area contributed by atoms with E-state index in [1.165, 1.54) is 12.0 Å². The van der Waals surface area contributed by atoms with E-state index in [2.05, 4.69) is 39.8 Å². The van der Waals surface area contributed by atoms with Crippen molar-refractivity contribution >= 4 is 0 Å². The molecule has 0 bridgehead atoms. The zero-order chi connectivity index (χ0) is 12.9. The van der Waals surface area contributed by atoms with Crippen LogP contribution >= 0.6 is 0 Å². The van der Waals surface area contributed by atoms with Gasteiger partial charge in [-0.25, -0.2) is 0 Å². The number of fused-ring (bicyclic) bond motifs is 1. The molecule has 2 saturated carbocycles. The average Bonchev–Trinajstić information content (AvgIpc) is 3.17. The SMILES string of the molecule is CCC(C)Oc1cc(C)cc(OC2(C)C3CC32)c1. The standard InChI is InChI=1S/C16H22O2/c1-5-11(3)17-12-6-10(2)7-13(8-12)18-16(4)14-9-15(14)16/h6-8,11,14-15H,5,9H2,1-4H3. The molecular formula is C16H22O2. The average molecular weight is 246 g/mol. The highest BCUT2D eigenvalue weighted by atomic mass is 16.5. The van der Waals surface area contributed by atoms with Gasteiger partial charge in [0.15, 0.2) is 0 Å². The van der Waals surface area contributed by atoms with E-state index in [-0.39, 0.29) is 11.7 Å². The molecule has 98 valence electrons. The molecule has 3 unspecified atom stereocenters. The molecule has 0 aromatic heterocycles. The van der Waals surface area contributed by atoms with Crippen LogP contribution in [0.5, 0.6) is 11.5 Å². The van der Waals surface area contributed by atoms with E-state index in [1.54, 1.807) is 0 Å². The second kappa shape index (κ2) is 3.91. The molecule has 18 heavy (non-hydrogen) atoms. The maximum atomic E-state index is 6.13. The van der Waals surface area contributed by atoms with Crippen LogP contribution in [0.25, 0.3) is 0 Å². The fourth-order valence-electron chi connectivity index (χ4n) is 2.73. The summed E-state index contributed by atoms with van der Waals surface area (Å²) in [5, 5.41) is 0. The highest BCUT2D eigenvalue weighted by Gasteiger charge is 2.76. The minimum atomic E-state index is 0.126. The van der Waals surface area contributed by atoms with Crippen LogP contribution in [0.3, 0.4) is 0 Å². The van der Waals surface area contributed by atoms with Gasteiger partial charge in [-0.2, -0.15) is 0 Å². The van der Waals surface area contributed by atoms with E-state index < -0.39 is 0 Å². The van der Waals surface area contributed by atoms with Crippen molar-refractivity contribution in [2.45, 2.75) is 52.2 Å². The molecule has 2 fully saturated rings. The molecule has 1 aromatic carbocycles. The topological polar surface area (TPSA) is 18.5 Å². The maximum absolute atomic E-state index is 6.13. The number of rotatable bonds is 5. The molecule has 0 spiro atoms. The van der Waals surface area contributed by atoms with Crippen molar-refractivity contribution in [2.24, 2.45) is 11.8 Å². The first-order valence-corrected chi connectivity index (χ1v) is 7.00. The Morgan fingerprint density at radius 1 is 1.28 bits per heavy atom. The Hall–Kier alpha value is -1.18. The Morgan fingerprint density at radius 2 is 1.94 bits per heavy atom. The minimum Gasteiger partial charge on any atom is -0.491 e. The van der Waals surface area contributed by atoms with Crippen LogP contribution in [0.1, 0.15) is 39.2 Å². The van der Waals surface area contributed by atoms with Crippen LogP contribution in [0.4, 0.5) is 0 Å². The Bertz CT molecular complexity index is 458. The molecule has 3 rings (SSSR count). The Labute approximate surface area is 109 Å². The second-order valence-corrected chi connectivity index (χ2v) is 6.05. The summed E-state index contributed by atoms with van der Waals surface area (Å²) in [5.74, 6) is 3.52. The second-order valence-electron chi connectivity index (χ2n) is 6.05. The summed E-state index contributed by atoms with van der Waals surface area (Å²) in [6.45, 7) is 8.55. The van der Waals surface area contributed by atoms with Crippen LogP contribution in [0.15, 0.2) is 18.2 Å². The lowest BCUT2D eigenvalue weighted by Gasteiger charge is -2.21. The molecule has 0 radical (unpaired) electrons. The first-order chi connectivity index (χ1) is 8.53. The summed E-state index contributed by atoms with van der Waals surface area (Å²) in [7, 11) is 0.